The molecule has 2 nitrogen and oxygen atoms in total. The van der Waals surface area contributed by atoms with Crippen molar-refractivity contribution in [2.24, 2.45) is 0 Å². The van der Waals surface area contributed by atoms with Gasteiger partial charge in [-0.05, 0) is 92.7 Å². The van der Waals surface area contributed by atoms with Gasteiger partial charge in [0.2, 0.25) is 0 Å². The second kappa shape index (κ2) is 10.7. The molecule has 0 saturated heterocycles. The van der Waals surface area contributed by atoms with Crippen LogP contribution in [0.2, 0.25) is 0 Å². The van der Waals surface area contributed by atoms with Crippen LogP contribution < -0.4 is 9.80 Å². The standard InChI is InChI=1S/C46H32N2/c1-2-10-31(11-3-1)33-20-24-37(25-21-33)47-43-17-9-7-15-41(43)45-44(47)29-28-40-39-14-6-8-16-42(39)48(46(40)45)38-26-22-34(23-27-38)36-19-18-32-12-4-5-13-35(32)30-36/h1-30,45-46H. The fraction of sp³-hybridized carbons (Fsp3) is 0.0435. The lowest BCUT2D eigenvalue weighted by Gasteiger charge is -2.36. The van der Waals surface area contributed by atoms with Crippen LogP contribution in [-0.4, -0.2) is 6.04 Å². The van der Waals surface area contributed by atoms with Crippen LogP contribution in [0, 0.1) is 0 Å². The van der Waals surface area contributed by atoms with Gasteiger partial charge in [0.15, 0.2) is 0 Å². The van der Waals surface area contributed by atoms with Crippen LogP contribution in [0.25, 0.3) is 38.6 Å². The lowest BCUT2D eigenvalue weighted by Crippen LogP contribution is -2.35. The normalized spacial score (nSPS) is 17.3. The highest BCUT2D eigenvalue weighted by Crippen LogP contribution is 2.59. The molecule has 2 unspecified atom stereocenters. The molecule has 10 rings (SSSR count). The van der Waals surface area contributed by atoms with E-state index in [4.69, 9.17) is 0 Å². The topological polar surface area (TPSA) is 6.48 Å². The minimum Gasteiger partial charge on any atom is -0.332 e. The highest BCUT2D eigenvalue weighted by Gasteiger charge is 2.48. The summed E-state index contributed by atoms with van der Waals surface area (Å²) in [5, 5.41) is 2.54. The molecule has 0 N–H and O–H groups in total. The van der Waals surface area contributed by atoms with E-state index >= 15 is 0 Å². The third kappa shape index (κ3) is 4.13. The van der Waals surface area contributed by atoms with E-state index in [1.807, 2.05) is 0 Å². The van der Waals surface area contributed by atoms with Gasteiger partial charge in [-0.15, -0.1) is 0 Å². The Morgan fingerprint density at radius 3 is 1.83 bits per heavy atom. The smallest absolute Gasteiger partial charge is 0.0722 e. The number of allylic oxidation sites excluding steroid dienone is 2. The molecule has 0 radical (unpaired) electrons. The van der Waals surface area contributed by atoms with Gasteiger partial charge in [-0.2, -0.15) is 0 Å². The minimum atomic E-state index is 0.142. The molecule has 0 fully saturated rings. The molecule has 226 valence electrons. The van der Waals surface area contributed by atoms with Gasteiger partial charge < -0.3 is 9.80 Å². The van der Waals surface area contributed by atoms with E-state index in [-0.39, 0.29) is 12.0 Å². The van der Waals surface area contributed by atoms with E-state index in [9.17, 15) is 0 Å². The summed E-state index contributed by atoms with van der Waals surface area (Å²) < 4.78 is 0. The molecule has 0 bridgehead atoms. The van der Waals surface area contributed by atoms with Crippen molar-refractivity contribution in [2.45, 2.75) is 12.0 Å². The van der Waals surface area contributed by atoms with Gasteiger partial charge in [-0.1, -0.05) is 133 Å². The second-order valence-electron chi connectivity index (χ2n) is 12.9. The van der Waals surface area contributed by atoms with Gasteiger partial charge in [0, 0.05) is 34.0 Å². The predicted octanol–water partition coefficient (Wildman–Crippen LogP) is 11.9. The molecule has 2 aliphatic heterocycles. The summed E-state index contributed by atoms with van der Waals surface area (Å²) in [4.78, 5) is 5.06. The first kappa shape index (κ1) is 27.0. The molecule has 0 aromatic heterocycles. The first-order valence-corrected chi connectivity index (χ1v) is 16.8. The van der Waals surface area contributed by atoms with Crippen molar-refractivity contribution in [3.05, 3.63) is 199 Å². The summed E-state index contributed by atoms with van der Waals surface area (Å²) in [5.74, 6) is 0.183. The van der Waals surface area contributed by atoms with E-state index in [1.165, 1.54) is 78.2 Å². The molecule has 0 saturated carbocycles. The van der Waals surface area contributed by atoms with Crippen molar-refractivity contribution in [1.29, 1.82) is 0 Å². The Kier molecular flexibility index (Phi) is 6.04. The lowest BCUT2D eigenvalue weighted by molar-refractivity contribution is 0.704. The summed E-state index contributed by atoms with van der Waals surface area (Å²) in [6, 6.07) is 62.2. The lowest BCUT2D eigenvalue weighted by atomic mass is 9.82. The monoisotopic (exact) mass is 612 g/mol. The summed E-state index contributed by atoms with van der Waals surface area (Å²) in [6.07, 6.45) is 4.74. The van der Waals surface area contributed by atoms with E-state index in [1.54, 1.807) is 0 Å². The maximum Gasteiger partial charge on any atom is 0.0722 e. The molecule has 7 aromatic carbocycles. The molecule has 48 heavy (non-hydrogen) atoms. The molecule has 0 amide bonds. The number of hydrogen-bond donors (Lipinski definition) is 0. The maximum atomic E-state index is 2.59. The van der Waals surface area contributed by atoms with Crippen molar-refractivity contribution < 1.29 is 0 Å². The zero-order valence-electron chi connectivity index (χ0n) is 26.4. The Bertz CT molecular complexity index is 2400. The number of rotatable bonds is 4. The Hall–Kier alpha value is -6.12. The van der Waals surface area contributed by atoms with E-state index in [0.717, 1.165) is 0 Å². The van der Waals surface area contributed by atoms with Crippen LogP contribution in [0.15, 0.2) is 188 Å². The zero-order chi connectivity index (χ0) is 31.6. The van der Waals surface area contributed by atoms with Crippen molar-refractivity contribution in [1.82, 2.24) is 0 Å². The Balaban J connectivity index is 1.06. The molecule has 2 atom stereocenters. The fourth-order valence-electron chi connectivity index (χ4n) is 8.17. The van der Waals surface area contributed by atoms with Crippen molar-refractivity contribution in [3.63, 3.8) is 0 Å². The fourth-order valence-corrected chi connectivity index (χ4v) is 8.17. The first-order valence-electron chi connectivity index (χ1n) is 16.8. The maximum absolute atomic E-state index is 2.59. The summed E-state index contributed by atoms with van der Waals surface area (Å²) in [5.41, 5.74) is 15.3. The molecule has 2 heterocycles. The van der Waals surface area contributed by atoms with Crippen LogP contribution in [0.5, 0.6) is 0 Å². The summed E-state index contributed by atoms with van der Waals surface area (Å²) in [7, 11) is 0. The van der Waals surface area contributed by atoms with Gasteiger partial charge in [0.25, 0.3) is 0 Å². The molecule has 7 aromatic rings. The van der Waals surface area contributed by atoms with Crippen LogP contribution >= 0.6 is 0 Å². The highest BCUT2D eigenvalue weighted by molar-refractivity contribution is 5.97. The number of para-hydroxylation sites is 2. The van der Waals surface area contributed by atoms with Gasteiger partial charge in [-0.25, -0.2) is 0 Å². The number of fused-ring (bicyclic) bond motifs is 8. The van der Waals surface area contributed by atoms with E-state index in [0.29, 0.717) is 0 Å². The SMILES string of the molecule is C1=C2c3ccccc3N(c3ccc(-c4ccc5ccccc5c4)cc3)C2C2C(=C1)N(c1ccc(-c3ccccc3)cc1)c1ccccc12. The predicted molar refractivity (Wildman–Crippen MR) is 201 cm³/mol. The number of hydrogen-bond acceptors (Lipinski definition) is 2. The van der Waals surface area contributed by atoms with Gasteiger partial charge in [0.1, 0.15) is 0 Å². The molecule has 3 aliphatic rings. The number of anilines is 4. The minimum absolute atomic E-state index is 0.142. The Morgan fingerprint density at radius 2 is 1.02 bits per heavy atom. The third-order valence-electron chi connectivity index (χ3n) is 10.4. The average molecular weight is 613 g/mol. The van der Waals surface area contributed by atoms with E-state index in [2.05, 4.69) is 192 Å². The average Bonchev–Trinajstić information content (AvgIpc) is 3.68. The second-order valence-corrected chi connectivity index (χ2v) is 12.9. The van der Waals surface area contributed by atoms with Crippen LogP contribution in [0.1, 0.15) is 17.0 Å². The molecular weight excluding hydrogens is 581 g/mol. The number of nitrogens with zero attached hydrogens (tertiary/aromatic N) is 2. The highest BCUT2D eigenvalue weighted by atomic mass is 15.2. The van der Waals surface area contributed by atoms with Gasteiger partial charge in [0.05, 0.1) is 12.0 Å². The van der Waals surface area contributed by atoms with Crippen LogP contribution in [0.4, 0.5) is 22.7 Å². The first-order chi connectivity index (χ1) is 23.8. The van der Waals surface area contributed by atoms with Gasteiger partial charge >= 0.3 is 0 Å². The Labute approximate surface area is 281 Å². The molecular formula is C46H32N2. The summed E-state index contributed by atoms with van der Waals surface area (Å²) >= 11 is 0. The third-order valence-corrected chi connectivity index (χ3v) is 10.4. The van der Waals surface area contributed by atoms with Crippen molar-refractivity contribution in [3.8, 4) is 22.3 Å². The van der Waals surface area contributed by atoms with E-state index < -0.39 is 0 Å². The van der Waals surface area contributed by atoms with Crippen molar-refractivity contribution >= 4 is 39.1 Å². The molecule has 0 spiro atoms. The van der Waals surface area contributed by atoms with Crippen LogP contribution in [0.3, 0.4) is 0 Å². The van der Waals surface area contributed by atoms with Crippen LogP contribution in [-0.2, 0) is 0 Å². The van der Waals surface area contributed by atoms with Gasteiger partial charge in [-0.3, -0.25) is 0 Å². The molecule has 1 aliphatic carbocycles. The number of benzene rings is 7. The Morgan fingerprint density at radius 1 is 0.417 bits per heavy atom. The molecule has 2 heteroatoms. The quantitative estimate of drug-likeness (QED) is 0.195. The zero-order valence-corrected chi connectivity index (χ0v) is 26.4. The van der Waals surface area contributed by atoms with Crippen molar-refractivity contribution in [2.75, 3.05) is 9.80 Å². The largest absolute Gasteiger partial charge is 0.332 e. The summed E-state index contributed by atoms with van der Waals surface area (Å²) in [6.45, 7) is 0.